The van der Waals surface area contributed by atoms with Crippen molar-refractivity contribution in [2.45, 2.75) is 19.1 Å². The summed E-state index contributed by atoms with van der Waals surface area (Å²) in [4.78, 5) is 4.92. The fourth-order valence-electron chi connectivity index (χ4n) is 3.62. The summed E-state index contributed by atoms with van der Waals surface area (Å²) in [5, 5.41) is 10.3. The molecule has 0 amide bonds. The normalized spacial score (nSPS) is 18.8. The number of nitrogens with zero attached hydrogens (tertiary/aromatic N) is 2. The third kappa shape index (κ3) is 4.18. The van der Waals surface area contributed by atoms with Crippen molar-refractivity contribution in [1.82, 2.24) is 9.80 Å². The monoisotopic (exact) mass is 354 g/mol. The van der Waals surface area contributed by atoms with E-state index in [4.69, 9.17) is 9.47 Å². The second-order valence-corrected chi connectivity index (χ2v) is 7.02. The van der Waals surface area contributed by atoms with Crippen molar-refractivity contribution in [3.63, 3.8) is 0 Å². The van der Waals surface area contributed by atoms with Crippen LogP contribution in [0.2, 0.25) is 0 Å². The highest BCUT2D eigenvalue weighted by Crippen LogP contribution is 2.32. The number of fused-ring (bicyclic) bond motifs is 1. The van der Waals surface area contributed by atoms with Crippen LogP contribution in [0.4, 0.5) is 0 Å². The number of aliphatic hydroxyl groups is 1. The molecule has 2 aliphatic rings. The zero-order valence-corrected chi connectivity index (χ0v) is 15.0. The average molecular weight is 354 g/mol. The topological polar surface area (TPSA) is 45.2 Å². The lowest BCUT2D eigenvalue weighted by Gasteiger charge is -2.35. The molecule has 5 heteroatoms. The molecule has 2 aromatic carbocycles. The molecule has 0 aromatic heterocycles. The van der Waals surface area contributed by atoms with E-state index >= 15 is 0 Å². The molecule has 1 N–H and O–H groups in total. The SMILES string of the molecule is OC(CCN1CCN(Cc2ccc3c(c2)OCO3)CC1)c1ccccc1. The van der Waals surface area contributed by atoms with Gasteiger partial charge in [0.05, 0.1) is 6.10 Å². The van der Waals surface area contributed by atoms with Crippen LogP contribution in [-0.2, 0) is 6.54 Å². The summed E-state index contributed by atoms with van der Waals surface area (Å²) in [6, 6.07) is 16.1. The molecule has 1 fully saturated rings. The van der Waals surface area contributed by atoms with Gasteiger partial charge in [0.15, 0.2) is 11.5 Å². The van der Waals surface area contributed by atoms with Gasteiger partial charge in [-0.15, -0.1) is 0 Å². The molecule has 0 bridgehead atoms. The standard InChI is InChI=1S/C21H26N2O3/c24-19(18-4-2-1-3-5-18)8-9-22-10-12-23(13-11-22)15-17-6-7-20-21(14-17)26-16-25-20/h1-7,14,19,24H,8-13,15-16H2. The number of rotatable bonds is 6. The second-order valence-electron chi connectivity index (χ2n) is 7.02. The molecule has 2 aliphatic heterocycles. The highest BCUT2D eigenvalue weighted by Gasteiger charge is 2.19. The van der Waals surface area contributed by atoms with Crippen LogP contribution in [0.15, 0.2) is 48.5 Å². The lowest BCUT2D eigenvalue weighted by atomic mass is 10.1. The van der Waals surface area contributed by atoms with Crippen molar-refractivity contribution in [1.29, 1.82) is 0 Å². The summed E-state index contributed by atoms with van der Waals surface area (Å²) in [5.41, 5.74) is 2.27. The maximum atomic E-state index is 10.3. The van der Waals surface area contributed by atoms with Gasteiger partial charge in [-0.2, -0.15) is 0 Å². The first-order valence-corrected chi connectivity index (χ1v) is 9.34. The maximum absolute atomic E-state index is 10.3. The van der Waals surface area contributed by atoms with Crippen LogP contribution in [0.1, 0.15) is 23.7 Å². The first-order chi connectivity index (χ1) is 12.8. The van der Waals surface area contributed by atoms with E-state index in [0.717, 1.165) is 62.8 Å². The van der Waals surface area contributed by atoms with E-state index < -0.39 is 0 Å². The van der Waals surface area contributed by atoms with Gasteiger partial charge in [-0.05, 0) is 29.7 Å². The summed E-state index contributed by atoms with van der Waals surface area (Å²) in [5.74, 6) is 1.70. The fourth-order valence-corrected chi connectivity index (χ4v) is 3.62. The molecule has 1 atom stereocenters. The molecule has 0 saturated carbocycles. The molecule has 0 spiro atoms. The Morgan fingerprint density at radius 2 is 1.62 bits per heavy atom. The van der Waals surface area contributed by atoms with Gasteiger partial charge >= 0.3 is 0 Å². The molecule has 1 saturated heterocycles. The van der Waals surface area contributed by atoms with Crippen LogP contribution in [0.3, 0.4) is 0 Å². The van der Waals surface area contributed by atoms with Crippen molar-refractivity contribution >= 4 is 0 Å². The second kappa shape index (κ2) is 8.08. The smallest absolute Gasteiger partial charge is 0.231 e. The Balaban J connectivity index is 1.22. The molecule has 1 unspecified atom stereocenters. The minimum Gasteiger partial charge on any atom is -0.454 e. The van der Waals surface area contributed by atoms with E-state index in [-0.39, 0.29) is 6.10 Å². The zero-order chi connectivity index (χ0) is 17.8. The molecule has 26 heavy (non-hydrogen) atoms. The summed E-state index contributed by atoms with van der Waals surface area (Å²) in [6.07, 6.45) is 0.412. The molecule has 2 heterocycles. The van der Waals surface area contributed by atoms with E-state index in [1.807, 2.05) is 36.4 Å². The Morgan fingerprint density at radius 3 is 2.42 bits per heavy atom. The predicted molar refractivity (Wildman–Crippen MR) is 100 cm³/mol. The van der Waals surface area contributed by atoms with E-state index in [0.29, 0.717) is 6.79 Å². The maximum Gasteiger partial charge on any atom is 0.231 e. The highest BCUT2D eigenvalue weighted by molar-refractivity contribution is 5.44. The Labute approximate surface area is 154 Å². The first kappa shape index (κ1) is 17.3. The Bertz CT molecular complexity index is 714. The molecular formula is C21H26N2O3. The predicted octanol–water partition coefficient (Wildman–Crippen LogP) is 2.66. The lowest BCUT2D eigenvalue weighted by Crippen LogP contribution is -2.46. The summed E-state index contributed by atoms with van der Waals surface area (Å²) in [7, 11) is 0. The number of hydrogen-bond donors (Lipinski definition) is 1. The quantitative estimate of drug-likeness (QED) is 0.864. The van der Waals surface area contributed by atoms with Crippen LogP contribution in [0, 0.1) is 0 Å². The number of ether oxygens (including phenoxy) is 2. The Morgan fingerprint density at radius 1 is 0.885 bits per heavy atom. The summed E-state index contributed by atoms with van der Waals surface area (Å²) >= 11 is 0. The van der Waals surface area contributed by atoms with Gasteiger partial charge in [-0.25, -0.2) is 0 Å². The summed E-state index contributed by atoms with van der Waals surface area (Å²) in [6.45, 7) is 6.40. The average Bonchev–Trinajstić information content (AvgIpc) is 3.16. The molecule has 0 radical (unpaired) electrons. The molecule has 4 rings (SSSR count). The summed E-state index contributed by atoms with van der Waals surface area (Å²) < 4.78 is 10.8. The van der Waals surface area contributed by atoms with Crippen molar-refractivity contribution in [2.24, 2.45) is 0 Å². The number of piperazine rings is 1. The lowest BCUT2D eigenvalue weighted by molar-refractivity contribution is 0.0993. The molecule has 0 aliphatic carbocycles. The van der Waals surface area contributed by atoms with Crippen LogP contribution in [0.5, 0.6) is 11.5 Å². The highest BCUT2D eigenvalue weighted by atomic mass is 16.7. The fraction of sp³-hybridized carbons (Fsp3) is 0.429. The van der Waals surface area contributed by atoms with Crippen LogP contribution in [-0.4, -0.2) is 54.4 Å². The first-order valence-electron chi connectivity index (χ1n) is 9.34. The van der Waals surface area contributed by atoms with Gasteiger partial charge in [-0.1, -0.05) is 36.4 Å². The van der Waals surface area contributed by atoms with Gasteiger partial charge in [-0.3, -0.25) is 4.90 Å². The zero-order valence-electron chi connectivity index (χ0n) is 15.0. The van der Waals surface area contributed by atoms with E-state index in [2.05, 4.69) is 21.9 Å². The molecular weight excluding hydrogens is 328 g/mol. The van der Waals surface area contributed by atoms with Crippen LogP contribution >= 0.6 is 0 Å². The van der Waals surface area contributed by atoms with E-state index in [1.54, 1.807) is 0 Å². The number of aliphatic hydroxyl groups excluding tert-OH is 1. The number of benzene rings is 2. The van der Waals surface area contributed by atoms with Crippen molar-refractivity contribution in [2.75, 3.05) is 39.5 Å². The number of hydrogen-bond acceptors (Lipinski definition) is 5. The molecule has 5 nitrogen and oxygen atoms in total. The van der Waals surface area contributed by atoms with Gasteiger partial charge in [0.1, 0.15) is 0 Å². The van der Waals surface area contributed by atoms with Crippen LogP contribution in [0.25, 0.3) is 0 Å². The van der Waals surface area contributed by atoms with Crippen LogP contribution < -0.4 is 9.47 Å². The molecule has 2 aromatic rings. The van der Waals surface area contributed by atoms with Crippen molar-refractivity contribution in [3.8, 4) is 11.5 Å². The third-order valence-corrected chi connectivity index (χ3v) is 5.21. The van der Waals surface area contributed by atoms with Gasteiger partial charge in [0.2, 0.25) is 6.79 Å². The van der Waals surface area contributed by atoms with Crippen molar-refractivity contribution < 1.29 is 14.6 Å². The van der Waals surface area contributed by atoms with Gasteiger partial charge < -0.3 is 19.5 Å². The largest absolute Gasteiger partial charge is 0.454 e. The van der Waals surface area contributed by atoms with Gasteiger partial charge in [0, 0.05) is 39.3 Å². The Kier molecular flexibility index (Phi) is 5.39. The van der Waals surface area contributed by atoms with Gasteiger partial charge in [0.25, 0.3) is 0 Å². The molecule has 138 valence electrons. The Hall–Kier alpha value is -2.08. The van der Waals surface area contributed by atoms with Crippen molar-refractivity contribution in [3.05, 3.63) is 59.7 Å². The van der Waals surface area contributed by atoms with E-state index in [1.165, 1.54) is 5.56 Å². The minimum atomic E-state index is -0.372. The third-order valence-electron chi connectivity index (χ3n) is 5.21. The minimum absolute atomic E-state index is 0.326. The van der Waals surface area contributed by atoms with E-state index in [9.17, 15) is 5.11 Å².